The summed E-state index contributed by atoms with van der Waals surface area (Å²) in [6, 6.07) is 16.4. The second kappa shape index (κ2) is 6.45. The molecule has 0 aliphatic heterocycles. The van der Waals surface area contributed by atoms with Crippen LogP contribution in [-0.4, -0.2) is 9.12 Å². The zero-order valence-electron chi connectivity index (χ0n) is 9.98. The highest BCUT2D eigenvalue weighted by Crippen LogP contribution is 2.20. The van der Waals surface area contributed by atoms with E-state index in [1.54, 1.807) is 23.9 Å². The van der Waals surface area contributed by atoms with Crippen LogP contribution < -0.4 is 0 Å². The maximum atomic E-state index is 10.5. The number of thioether (sulfide) groups is 1. The fraction of sp³-hybridized carbons (Fsp3) is 0.0714. The maximum Gasteiger partial charge on any atom is 0.269 e. The first kappa shape index (κ1) is 13.7. The number of nitrogens with zero attached hydrogens (tertiary/aromatic N) is 1. The Balaban J connectivity index is 1.95. The molecule has 2 rings (SSSR count). The fourth-order valence-corrected chi connectivity index (χ4v) is 2.63. The lowest BCUT2D eigenvalue weighted by atomic mass is 10.2. The van der Waals surface area contributed by atoms with E-state index in [1.807, 2.05) is 30.3 Å². The molecule has 3 nitrogen and oxygen atoms in total. The van der Waals surface area contributed by atoms with Crippen LogP contribution in [0.4, 0.5) is 5.69 Å². The summed E-state index contributed by atoms with van der Waals surface area (Å²) in [6.07, 6.45) is 0. The van der Waals surface area contributed by atoms with Crippen LogP contribution in [0.2, 0.25) is 0 Å². The van der Waals surface area contributed by atoms with Gasteiger partial charge in [0.05, 0.1) is 9.12 Å². The Kier molecular flexibility index (Phi) is 4.65. The van der Waals surface area contributed by atoms with Gasteiger partial charge in [0, 0.05) is 17.9 Å². The lowest BCUT2D eigenvalue weighted by Crippen LogP contribution is -1.93. The van der Waals surface area contributed by atoms with Crippen LogP contribution in [0, 0.1) is 10.1 Å². The average Bonchev–Trinajstić information content (AvgIpc) is 2.46. The highest BCUT2D eigenvalue weighted by molar-refractivity contribution is 8.23. The Morgan fingerprint density at radius 2 is 1.74 bits per heavy atom. The molecule has 0 aliphatic carbocycles. The van der Waals surface area contributed by atoms with Crippen LogP contribution in [0.1, 0.15) is 11.1 Å². The van der Waals surface area contributed by atoms with Gasteiger partial charge in [-0.1, -0.05) is 54.7 Å². The Morgan fingerprint density at radius 1 is 1.11 bits per heavy atom. The van der Waals surface area contributed by atoms with Gasteiger partial charge in [0.15, 0.2) is 0 Å². The summed E-state index contributed by atoms with van der Waals surface area (Å²) >= 11 is 6.90. The summed E-state index contributed by atoms with van der Waals surface area (Å²) in [5.74, 6) is 0.714. The molecule has 2 aromatic carbocycles. The van der Waals surface area contributed by atoms with Crippen molar-refractivity contribution in [1.29, 1.82) is 0 Å². The summed E-state index contributed by atoms with van der Waals surface area (Å²) in [4.78, 5) is 10.1. The van der Waals surface area contributed by atoms with E-state index in [2.05, 4.69) is 0 Å². The van der Waals surface area contributed by atoms with E-state index in [0.717, 1.165) is 15.3 Å². The molecule has 0 heterocycles. The van der Waals surface area contributed by atoms with Crippen LogP contribution in [-0.2, 0) is 5.75 Å². The van der Waals surface area contributed by atoms with Crippen molar-refractivity contribution in [3.05, 3.63) is 75.8 Å². The third-order valence-corrected chi connectivity index (χ3v) is 4.09. The van der Waals surface area contributed by atoms with Gasteiger partial charge < -0.3 is 0 Å². The molecule has 0 radical (unpaired) electrons. The third-order valence-electron chi connectivity index (χ3n) is 2.53. The molecule has 0 aliphatic rings. The predicted octanol–water partition coefficient (Wildman–Crippen LogP) is 4.20. The number of nitro benzene ring substituents is 1. The topological polar surface area (TPSA) is 43.1 Å². The van der Waals surface area contributed by atoms with Crippen molar-refractivity contribution >= 4 is 33.9 Å². The van der Waals surface area contributed by atoms with Crippen molar-refractivity contribution in [2.75, 3.05) is 0 Å². The molecular weight excluding hydrogens is 278 g/mol. The number of non-ortho nitro benzene ring substituents is 1. The fourth-order valence-electron chi connectivity index (χ4n) is 1.52. The van der Waals surface area contributed by atoms with Crippen molar-refractivity contribution in [2.24, 2.45) is 0 Å². The van der Waals surface area contributed by atoms with E-state index in [1.165, 1.54) is 12.1 Å². The average molecular weight is 289 g/mol. The second-order valence-electron chi connectivity index (χ2n) is 3.87. The number of rotatable bonds is 4. The summed E-state index contributed by atoms with van der Waals surface area (Å²) in [7, 11) is 0. The minimum Gasteiger partial charge on any atom is -0.258 e. The monoisotopic (exact) mass is 289 g/mol. The van der Waals surface area contributed by atoms with Crippen molar-refractivity contribution in [3.8, 4) is 0 Å². The molecule has 0 bridgehead atoms. The van der Waals surface area contributed by atoms with Gasteiger partial charge in [0.25, 0.3) is 5.69 Å². The second-order valence-corrected chi connectivity index (χ2v) is 5.52. The Morgan fingerprint density at radius 3 is 2.32 bits per heavy atom. The van der Waals surface area contributed by atoms with E-state index >= 15 is 0 Å². The SMILES string of the molecule is O=[N+]([O-])c1ccc(CSC(=S)c2ccccc2)cc1. The highest BCUT2D eigenvalue weighted by atomic mass is 32.2. The lowest BCUT2D eigenvalue weighted by Gasteiger charge is -2.03. The quantitative estimate of drug-likeness (QED) is 0.480. The normalized spacial score (nSPS) is 10.1. The lowest BCUT2D eigenvalue weighted by molar-refractivity contribution is -0.384. The van der Waals surface area contributed by atoms with E-state index in [0.29, 0.717) is 5.75 Å². The van der Waals surface area contributed by atoms with Crippen molar-refractivity contribution < 1.29 is 4.92 Å². The molecule has 2 aromatic rings. The van der Waals surface area contributed by atoms with E-state index in [9.17, 15) is 10.1 Å². The van der Waals surface area contributed by atoms with E-state index in [4.69, 9.17) is 12.2 Å². The molecular formula is C14H11NO2S2. The van der Waals surface area contributed by atoms with Gasteiger partial charge in [-0.3, -0.25) is 10.1 Å². The number of hydrogen-bond acceptors (Lipinski definition) is 4. The molecule has 96 valence electrons. The zero-order chi connectivity index (χ0) is 13.7. The van der Waals surface area contributed by atoms with Gasteiger partial charge >= 0.3 is 0 Å². The Bertz CT molecular complexity index is 582. The van der Waals surface area contributed by atoms with Gasteiger partial charge in [-0.15, -0.1) is 11.8 Å². The molecule has 0 N–H and O–H groups in total. The first-order chi connectivity index (χ1) is 9.16. The van der Waals surface area contributed by atoms with Crippen LogP contribution in [0.25, 0.3) is 0 Å². The molecule has 0 spiro atoms. The Labute approximate surface area is 120 Å². The zero-order valence-corrected chi connectivity index (χ0v) is 11.6. The van der Waals surface area contributed by atoms with Crippen LogP contribution in [0.15, 0.2) is 54.6 Å². The van der Waals surface area contributed by atoms with Crippen molar-refractivity contribution in [2.45, 2.75) is 5.75 Å². The molecule has 0 atom stereocenters. The molecule has 0 saturated heterocycles. The summed E-state index contributed by atoms with van der Waals surface area (Å²) in [6.45, 7) is 0. The number of nitro groups is 1. The molecule has 19 heavy (non-hydrogen) atoms. The van der Waals surface area contributed by atoms with Gasteiger partial charge in [-0.05, 0) is 11.1 Å². The minimum absolute atomic E-state index is 0.111. The van der Waals surface area contributed by atoms with Gasteiger partial charge in [0.2, 0.25) is 0 Å². The maximum absolute atomic E-state index is 10.5. The first-order valence-corrected chi connectivity index (χ1v) is 7.02. The number of hydrogen-bond donors (Lipinski definition) is 0. The standard InChI is InChI=1S/C14H11NO2S2/c16-15(17)13-8-6-11(7-9-13)10-19-14(18)12-4-2-1-3-5-12/h1-9H,10H2. The van der Waals surface area contributed by atoms with Crippen molar-refractivity contribution in [3.63, 3.8) is 0 Å². The number of thiocarbonyl (C=S) groups is 1. The Hall–Kier alpha value is -1.72. The van der Waals surface area contributed by atoms with Gasteiger partial charge in [-0.25, -0.2) is 0 Å². The van der Waals surface area contributed by atoms with Crippen LogP contribution in [0.5, 0.6) is 0 Å². The third kappa shape index (κ3) is 3.87. The minimum atomic E-state index is -0.397. The highest BCUT2D eigenvalue weighted by Gasteiger charge is 2.05. The van der Waals surface area contributed by atoms with Crippen molar-refractivity contribution in [1.82, 2.24) is 0 Å². The molecule has 5 heteroatoms. The van der Waals surface area contributed by atoms with Crippen LogP contribution >= 0.6 is 24.0 Å². The first-order valence-electron chi connectivity index (χ1n) is 5.62. The van der Waals surface area contributed by atoms with E-state index in [-0.39, 0.29) is 5.69 Å². The summed E-state index contributed by atoms with van der Waals surface area (Å²) in [5, 5.41) is 10.5. The summed E-state index contributed by atoms with van der Waals surface area (Å²) in [5.41, 5.74) is 2.16. The molecule has 0 fully saturated rings. The smallest absolute Gasteiger partial charge is 0.258 e. The van der Waals surface area contributed by atoms with E-state index < -0.39 is 4.92 Å². The van der Waals surface area contributed by atoms with Gasteiger partial charge in [0.1, 0.15) is 0 Å². The predicted molar refractivity (Wildman–Crippen MR) is 82.5 cm³/mol. The molecule has 0 amide bonds. The molecule has 0 aromatic heterocycles. The summed E-state index contributed by atoms with van der Waals surface area (Å²) < 4.78 is 0.832. The molecule has 0 saturated carbocycles. The number of benzene rings is 2. The largest absolute Gasteiger partial charge is 0.269 e. The van der Waals surface area contributed by atoms with Crippen LogP contribution in [0.3, 0.4) is 0 Å². The molecule has 0 unspecified atom stereocenters. The van der Waals surface area contributed by atoms with Gasteiger partial charge in [-0.2, -0.15) is 0 Å².